The number of aryl methyl sites for hydroxylation is 1. The van der Waals surface area contributed by atoms with Crippen LogP contribution in [-0.4, -0.2) is 32.2 Å². The lowest BCUT2D eigenvalue weighted by atomic mass is 10.1. The molecule has 0 bridgehead atoms. The number of amides is 1. The number of H-pyrrole nitrogens is 1. The molecule has 0 spiro atoms. The van der Waals surface area contributed by atoms with Gasteiger partial charge in [0, 0.05) is 5.92 Å². The van der Waals surface area contributed by atoms with Gasteiger partial charge in [-0.25, -0.2) is 9.78 Å². The fourth-order valence-corrected chi connectivity index (χ4v) is 1.76. The van der Waals surface area contributed by atoms with Crippen molar-refractivity contribution >= 4 is 17.6 Å². The van der Waals surface area contributed by atoms with Crippen LogP contribution in [0.3, 0.4) is 0 Å². The number of nitrogens with one attached hydrogen (secondary N) is 2. The Morgan fingerprint density at radius 1 is 1.33 bits per heavy atom. The molecule has 1 heterocycles. The molecule has 0 fully saturated rings. The predicted octanol–water partition coefficient (Wildman–Crippen LogP) is 2.19. The number of hydrogen-bond donors (Lipinski definition) is 3. The zero-order chi connectivity index (χ0) is 15.6. The van der Waals surface area contributed by atoms with Gasteiger partial charge in [0.05, 0.1) is 11.3 Å². The highest BCUT2D eigenvalue weighted by molar-refractivity contribution is 6.05. The van der Waals surface area contributed by atoms with Gasteiger partial charge in [0.2, 0.25) is 5.82 Å². The summed E-state index contributed by atoms with van der Waals surface area (Å²) in [7, 11) is 0. The molecule has 0 aliphatic rings. The van der Waals surface area contributed by atoms with Gasteiger partial charge in [-0.2, -0.15) is 0 Å². The van der Waals surface area contributed by atoms with Crippen molar-refractivity contribution in [1.29, 1.82) is 0 Å². The first kappa shape index (κ1) is 14.7. The largest absolute Gasteiger partial charge is 0.478 e. The number of carbonyl (C=O) groups excluding carboxylic acids is 1. The van der Waals surface area contributed by atoms with Crippen molar-refractivity contribution in [1.82, 2.24) is 15.2 Å². The molecular formula is C14H16N4O3. The molecule has 1 aromatic carbocycles. The predicted molar refractivity (Wildman–Crippen MR) is 76.6 cm³/mol. The van der Waals surface area contributed by atoms with E-state index in [0.29, 0.717) is 5.82 Å². The lowest BCUT2D eigenvalue weighted by Crippen LogP contribution is -2.16. The minimum absolute atomic E-state index is 0.0180. The second kappa shape index (κ2) is 5.74. The third kappa shape index (κ3) is 3.25. The van der Waals surface area contributed by atoms with Crippen LogP contribution in [-0.2, 0) is 0 Å². The number of carboxylic acids is 1. The fourth-order valence-electron chi connectivity index (χ4n) is 1.76. The van der Waals surface area contributed by atoms with E-state index in [-0.39, 0.29) is 23.0 Å². The summed E-state index contributed by atoms with van der Waals surface area (Å²) in [6.45, 7) is 5.62. The first-order valence-corrected chi connectivity index (χ1v) is 6.46. The van der Waals surface area contributed by atoms with E-state index in [1.54, 1.807) is 19.1 Å². The van der Waals surface area contributed by atoms with Crippen LogP contribution >= 0.6 is 0 Å². The molecule has 2 rings (SSSR count). The average molecular weight is 288 g/mol. The summed E-state index contributed by atoms with van der Waals surface area (Å²) in [5, 5.41) is 18.2. The molecule has 7 heteroatoms. The normalized spacial score (nSPS) is 10.7. The molecule has 1 amide bonds. The zero-order valence-corrected chi connectivity index (χ0v) is 12.0. The van der Waals surface area contributed by atoms with Crippen molar-refractivity contribution in [3.63, 3.8) is 0 Å². The van der Waals surface area contributed by atoms with Gasteiger partial charge >= 0.3 is 5.97 Å². The molecule has 0 atom stereocenters. The number of rotatable bonds is 4. The van der Waals surface area contributed by atoms with Crippen LogP contribution in [0.15, 0.2) is 18.2 Å². The highest BCUT2D eigenvalue weighted by Crippen LogP contribution is 2.18. The number of aromatic amines is 1. The Morgan fingerprint density at radius 3 is 2.62 bits per heavy atom. The minimum atomic E-state index is -1.10. The van der Waals surface area contributed by atoms with Crippen molar-refractivity contribution in [2.45, 2.75) is 26.7 Å². The fraction of sp³-hybridized carbons (Fsp3) is 0.286. The first-order valence-electron chi connectivity index (χ1n) is 6.46. The van der Waals surface area contributed by atoms with Gasteiger partial charge in [0.25, 0.3) is 5.91 Å². The summed E-state index contributed by atoms with van der Waals surface area (Å²) in [6, 6.07) is 4.77. The molecule has 21 heavy (non-hydrogen) atoms. The second-order valence-electron chi connectivity index (χ2n) is 5.01. The SMILES string of the molecule is Cc1ccc(NC(=O)c2n[nH]c(C(C)C)n2)c(C(=O)O)c1. The van der Waals surface area contributed by atoms with E-state index in [0.717, 1.165) is 5.56 Å². The summed E-state index contributed by atoms with van der Waals surface area (Å²) in [5.74, 6) is -0.956. The van der Waals surface area contributed by atoms with E-state index in [9.17, 15) is 9.59 Å². The zero-order valence-electron chi connectivity index (χ0n) is 12.0. The molecule has 110 valence electrons. The molecule has 7 nitrogen and oxygen atoms in total. The number of aromatic carboxylic acids is 1. The standard InChI is InChI=1S/C14H16N4O3/c1-7(2)11-16-12(18-17-11)13(19)15-10-5-4-8(3)6-9(10)14(20)21/h4-7H,1-3H3,(H,15,19)(H,20,21)(H,16,17,18). The molecule has 0 saturated carbocycles. The smallest absolute Gasteiger partial charge is 0.337 e. The summed E-state index contributed by atoms with van der Waals surface area (Å²) in [4.78, 5) is 27.3. The van der Waals surface area contributed by atoms with Crippen molar-refractivity contribution in [2.24, 2.45) is 0 Å². The molecule has 1 aromatic heterocycles. The number of anilines is 1. The van der Waals surface area contributed by atoms with E-state index < -0.39 is 11.9 Å². The third-order valence-corrected chi connectivity index (χ3v) is 2.91. The highest BCUT2D eigenvalue weighted by atomic mass is 16.4. The molecule has 0 radical (unpaired) electrons. The lowest BCUT2D eigenvalue weighted by molar-refractivity contribution is 0.0698. The Balaban J connectivity index is 2.25. The summed E-state index contributed by atoms with van der Waals surface area (Å²) in [6.07, 6.45) is 0. The van der Waals surface area contributed by atoms with Gasteiger partial charge in [0.15, 0.2) is 0 Å². The van der Waals surface area contributed by atoms with Gasteiger partial charge < -0.3 is 10.4 Å². The summed E-state index contributed by atoms with van der Waals surface area (Å²) >= 11 is 0. The van der Waals surface area contributed by atoms with Crippen LogP contribution in [0, 0.1) is 6.92 Å². The van der Waals surface area contributed by atoms with Gasteiger partial charge in [0.1, 0.15) is 5.82 Å². The lowest BCUT2D eigenvalue weighted by Gasteiger charge is -2.07. The van der Waals surface area contributed by atoms with Gasteiger partial charge in [-0.1, -0.05) is 25.5 Å². The number of hydrogen-bond acceptors (Lipinski definition) is 4. The Hall–Kier alpha value is -2.70. The minimum Gasteiger partial charge on any atom is -0.478 e. The Kier molecular flexibility index (Phi) is 4.02. The van der Waals surface area contributed by atoms with Crippen molar-refractivity contribution in [2.75, 3.05) is 5.32 Å². The summed E-state index contributed by atoms with van der Waals surface area (Å²) in [5.41, 5.74) is 1.04. The van der Waals surface area contributed by atoms with Crippen molar-refractivity contribution in [3.8, 4) is 0 Å². The maximum Gasteiger partial charge on any atom is 0.337 e. The van der Waals surface area contributed by atoms with Crippen molar-refractivity contribution < 1.29 is 14.7 Å². The second-order valence-corrected chi connectivity index (χ2v) is 5.01. The molecule has 0 saturated heterocycles. The molecule has 0 unspecified atom stereocenters. The van der Waals surface area contributed by atoms with Crippen molar-refractivity contribution in [3.05, 3.63) is 41.0 Å². The van der Waals surface area contributed by atoms with Crippen LogP contribution in [0.4, 0.5) is 5.69 Å². The Labute approximate surface area is 121 Å². The van der Waals surface area contributed by atoms with Gasteiger partial charge in [-0.05, 0) is 19.1 Å². The number of aromatic nitrogens is 3. The molecule has 3 N–H and O–H groups in total. The van der Waals surface area contributed by atoms with Crippen LogP contribution in [0.1, 0.15) is 52.1 Å². The molecule has 2 aromatic rings. The van der Waals surface area contributed by atoms with Crippen LogP contribution in [0.5, 0.6) is 0 Å². The third-order valence-electron chi connectivity index (χ3n) is 2.91. The van der Waals surface area contributed by atoms with Crippen LogP contribution < -0.4 is 5.32 Å². The van der Waals surface area contributed by atoms with Crippen LogP contribution in [0.25, 0.3) is 0 Å². The maximum atomic E-state index is 12.1. The molecule has 0 aliphatic carbocycles. The van der Waals surface area contributed by atoms with Gasteiger partial charge in [-0.15, -0.1) is 5.10 Å². The van der Waals surface area contributed by atoms with E-state index in [4.69, 9.17) is 5.11 Å². The van der Waals surface area contributed by atoms with E-state index in [1.807, 2.05) is 13.8 Å². The maximum absolute atomic E-state index is 12.1. The van der Waals surface area contributed by atoms with E-state index in [1.165, 1.54) is 6.07 Å². The number of nitrogens with zero attached hydrogens (tertiary/aromatic N) is 2. The van der Waals surface area contributed by atoms with E-state index in [2.05, 4.69) is 20.5 Å². The quantitative estimate of drug-likeness (QED) is 0.799. The Bertz CT molecular complexity index is 691. The molecular weight excluding hydrogens is 272 g/mol. The van der Waals surface area contributed by atoms with E-state index >= 15 is 0 Å². The Morgan fingerprint density at radius 2 is 2.05 bits per heavy atom. The topological polar surface area (TPSA) is 108 Å². The monoisotopic (exact) mass is 288 g/mol. The number of carboxylic acid groups (broad SMARTS) is 1. The van der Waals surface area contributed by atoms with Gasteiger partial charge in [-0.3, -0.25) is 9.89 Å². The summed E-state index contributed by atoms with van der Waals surface area (Å²) < 4.78 is 0. The first-order chi connectivity index (χ1) is 9.88. The molecule has 0 aliphatic heterocycles. The number of carbonyl (C=O) groups is 2. The number of benzene rings is 1. The highest BCUT2D eigenvalue weighted by Gasteiger charge is 2.17. The average Bonchev–Trinajstić information content (AvgIpc) is 2.90. The van der Waals surface area contributed by atoms with Crippen LogP contribution in [0.2, 0.25) is 0 Å².